The number of aromatic hydroxyl groups is 1. The lowest BCUT2D eigenvalue weighted by molar-refractivity contribution is -0.140. The SMILES string of the molecule is COC(=O)C[C@H](c1ccc(OCc2nccn2C)cc1)c1c(O)ccc2nsnc12. The second-order valence-corrected chi connectivity index (χ2v) is 7.30. The van der Waals surface area contributed by atoms with E-state index in [1.54, 1.807) is 18.3 Å². The minimum atomic E-state index is -0.436. The van der Waals surface area contributed by atoms with Crippen LogP contribution in [0, 0.1) is 0 Å². The van der Waals surface area contributed by atoms with Crippen LogP contribution in [0.2, 0.25) is 0 Å². The van der Waals surface area contributed by atoms with Crippen LogP contribution in [-0.4, -0.2) is 36.5 Å². The Balaban J connectivity index is 1.64. The smallest absolute Gasteiger partial charge is 0.306 e. The molecule has 0 aliphatic heterocycles. The molecule has 1 atom stereocenters. The lowest BCUT2D eigenvalue weighted by Crippen LogP contribution is -2.11. The second kappa shape index (κ2) is 8.50. The van der Waals surface area contributed by atoms with Crippen LogP contribution in [0.4, 0.5) is 0 Å². The molecule has 0 fully saturated rings. The summed E-state index contributed by atoms with van der Waals surface area (Å²) in [7, 11) is 3.26. The number of ether oxygens (including phenoxy) is 2. The number of fused-ring (bicyclic) bond motifs is 1. The van der Waals surface area contributed by atoms with E-state index in [2.05, 4.69) is 13.7 Å². The highest BCUT2D eigenvalue weighted by molar-refractivity contribution is 7.00. The van der Waals surface area contributed by atoms with Crippen molar-refractivity contribution in [1.29, 1.82) is 0 Å². The van der Waals surface area contributed by atoms with Gasteiger partial charge in [-0.05, 0) is 29.8 Å². The zero-order valence-electron chi connectivity index (χ0n) is 16.5. The molecule has 30 heavy (non-hydrogen) atoms. The number of aromatic nitrogens is 4. The first-order valence-electron chi connectivity index (χ1n) is 9.26. The highest BCUT2D eigenvalue weighted by Gasteiger charge is 2.25. The number of carbonyl (C=O) groups is 1. The van der Waals surface area contributed by atoms with E-state index in [0.29, 0.717) is 29.0 Å². The van der Waals surface area contributed by atoms with Gasteiger partial charge in [0.25, 0.3) is 0 Å². The molecule has 4 rings (SSSR count). The molecule has 0 radical (unpaired) electrons. The van der Waals surface area contributed by atoms with Gasteiger partial charge < -0.3 is 19.1 Å². The van der Waals surface area contributed by atoms with Crippen molar-refractivity contribution in [1.82, 2.24) is 18.3 Å². The summed E-state index contributed by atoms with van der Waals surface area (Å²) >= 11 is 1.07. The molecule has 0 amide bonds. The van der Waals surface area contributed by atoms with Crippen LogP contribution in [0.5, 0.6) is 11.5 Å². The molecule has 0 unspecified atom stereocenters. The van der Waals surface area contributed by atoms with Crippen LogP contribution in [0.3, 0.4) is 0 Å². The van der Waals surface area contributed by atoms with Crippen molar-refractivity contribution in [2.45, 2.75) is 18.9 Å². The Labute approximate surface area is 177 Å². The summed E-state index contributed by atoms with van der Waals surface area (Å²) in [5.74, 6) is 0.745. The zero-order valence-corrected chi connectivity index (χ0v) is 17.3. The van der Waals surface area contributed by atoms with E-state index in [0.717, 1.165) is 23.1 Å². The normalized spacial score (nSPS) is 12.1. The number of imidazole rings is 1. The Morgan fingerprint density at radius 2 is 2.00 bits per heavy atom. The first-order chi connectivity index (χ1) is 14.6. The quantitative estimate of drug-likeness (QED) is 0.454. The molecule has 0 saturated carbocycles. The number of phenolic OH excluding ortho intramolecular Hbond substituents is 1. The molecule has 9 heteroatoms. The van der Waals surface area contributed by atoms with Crippen molar-refractivity contribution in [3.8, 4) is 11.5 Å². The minimum Gasteiger partial charge on any atom is -0.508 e. The van der Waals surface area contributed by atoms with Crippen molar-refractivity contribution >= 4 is 28.7 Å². The maximum atomic E-state index is 12.1. The molecule has 0 spiro atoms. The molecular formula is C21H20N4O4S. The number of esters is 1. The molecule has 0 aliphatic carbocycles. The maximum Gasteiger partial charge on any atom is 0.306 e. The predicted molar refractivity (Wildman–Crippen MR) is 112 cm³/mol. The zero-order chi connectivity index (χ0) is 21.1. The van der Waals surface area contributed by atoms with Gasteiger partial charge in [0.15, 0.2) is 0 Å². The highest BCUT2D eigenvalue weighted by Crippen LogP contribution is 2.39. The second-order valence-electron chi connectivity index (χ2n) is 6.78. The molecule has 1 N–H and O–H groups in total. The van der Waals surface area contributed by atoms with Crippen molar-refractivity contribution in [3.05, 3.63) is 65.7 Å². The number of nitrogens with zero attached hydrogens (tertiary/aromatic N) is 4. The first-order valence-corrected chi connectivity index (χ1v) is 9.99. The third-order valence-electron chi connectivity index (χ3n) is 4.96. The van der Waals surface area contributed by atoms with E-state index in [1.165, 1.54) is 7.11 Å². The van der Waals surface area contributed by atoms with Gasteiger partial charge in [0.05, 0.1) is 25.3 Å². The molecule has 4 aromatic rings. The van der Waals surface area contributed by atoms with Crippen LogP contribution in [0.1, 0.15) is 29.3 Å². The van der Waals surface area contributed by atoms with Gasteiger partial charge in [0.1, 0.15) is 35.0 Å². The van der Waals surface area contributed by atoms with Crippen LogP contribution >= 0.6 is 11.7 Å². The maximum absolute atomic E-state index is 12.1. The van der Waals surface area contributed by atoms with Crippen LogP contribution in [0.25, 0.3) is 11.0 Å². The van der Waals surface area contributed by atoms with Gasteiger partial charge in [-0.1, -0.05) is 12.1 Å². The Bertz CT molecular complexity index is 1170. The number of benzene rings is 2. The number of methoxy groups -OCH3 is 1. The average molecular weight is 424 g/mol. The molecular weight excluding hydrogens is 404 g/mol. The first kappa shape index (κ1) is 19.8. The van der Waals surface area contributed by atoms with Crippen LogP contribution in [0.15, 0.2) is 48.8 Å². The van der Waals surface area contributed by atoms with Crippen LogP contribution in [-0.2, 0) is 23.2 Å². The molecule has 2 aromatic heterocycles. The molecule has 0 bridgehead atoms. The number of rotatable bonds is 7. The van der Waals surface area contributed by atoms with E-state index in [-0.39, 0.29) is 18.1 Å². The monoisotopic (exact) mass is 424 g/mol. The third-order valence-corrected chi connectivity index (χ3v) is 5.50. The summed E-state index contributed by atoms with van der Waals surface area (Å²) in [5.41, 5.74) is 2.66. The topological polar surface area (TPSA) is 99.4 Å². The van der Waals surface area contributed by atoms with E-state index in [9.17, 15) is 9.90 Å². The minimum absolute atomic E-state index is 0.0637. The van der Waals surface area contributed by atoms with E-state index >= 15 is 0 Å². The van der Waals surface area contributed by atoms with E-state index < -0.39 is 5.92 Å². The Kier molecular flexibility index (Phi) is 5.62. The predicted octanol–water partition coefficient (Wildman–Crippen LogP) is 3.40. The summed E-state index contributed by atoms with van der Waals surface area (Å²) in [4.78, 5) is 16.4. The fourth-order valence-electron chi connectivity index (χ4n) is 3.32. The highest BCUT2D eigenvalue weighted by atomic mass is 32.1. The van der Waals surface area contributed by atoms with E-state index in [4.69, 9.17) is 9.47 Å². The summed E-state index contributed by atoms with van der Waals surface area (Å²) in [6.07, 6.45) is 3.65. The standard InChI is InChI=1S/C21H20N4O4S/c1-25-10-9-22-18(25)12-29-14-5-3-13(4-6-14)15(11-19(27)28-2)20-17(26)8-7-16-21(20)24-30-23-16/h3-10,15,26H,11-12H2,1-2H3/t15-/m1/s1. The number of phenols is 1. The fraction of sp³-hybridized carbons (Fsp3) is 0.238. The molecule has 2 heterocycles. The number of hydrogen-bond donors (Lipinski definition) is 1. The lowest BCUT2D eigenvalue weighted by Gasteiger charge is -2.19. The molecule has 0 aliphatic rings. The Hall–Kier alpha value is -3.46. The van der Waals surface area contributed by atoms with Gasteiger partial charge in [-0.15, -0.1) is 0 Å². The van der Waals surface area contributed by atoms with Gasteiger partial charge in [0.2, 0.25) is 0 Å². The lowest BCUT2D eigenvalue weighted by atomic mass is 9.87. The van der Waals surface area contributed by atoms with Crippen molar-refractivity contribution in [3.63, 3.8) is 0 Å². The average Bonchev–Trinajstić information content (AvgIpc) is 3.40. The number of carbonyl (C=O) groups excluding carboxylic acids is 1. The fourth-order valence-corrected chi connectivity index (χ4v) is 3.87. The third kappa shape index (κ3) is 3.97. The number of aryl methyl sites for hydroxylation is 1. The molecule has 2 aromatic carbocycles. The van der Waals surface area contributed by atoms with Crippen LogP contribution < -0.4 is 4.74 Å². The Morgan fingerprint density at radius 3 is 2.70 bits per heavy atom. The summed E-state index contributed by atoms with van der Waals surface area (Å²) < 4.78 is 21.2. The van der Waals surface area contributed by atoms with Gasteiger partial charge >= 0.3 is 5.97 Å². The van der Waals surface area contributed by atoms with Gasteiger partial charge in [-0.25, -0.2) is 4.98 Å². The molecule has 8 nitrogen and oxygen atoms in total. The van der Waals surface area contributed by atoms with Crippen molar-refractivity contribution < 1.29 is 19.4 Å². The van der Waals surface area contributed by atoms with Gasteiger partial charge in [-0.2, -0.15) is 8.75 Å². The molecule has 154 valence electrons. The van der Waals surface area contributed by atoms with Crippen molar-refractivity contribution in [2.24, 2.45) is 7.05 Å². The van der Waals surface area contributed by atoms with Crippen molar-refractivity contribution in [2.75, 3.05) is 7.11 Å². The van der Waals surface area contributed by atoms with E-state index in [1.807, 2.05) is 42.1 Å². The summed E-state index contributed by atoms with van der Waals surface area (Å²) in [5, 5.41) is 10.6. The Morgan fingerprint density at radius 1 is 1.20 bits per heavy atom. The van der Waals surface area contributed by atoms with Gasteiger partial charge in [0, 0.05) is 30.9 Å². The number of hydrogen-bond acceptors (Lipinski definition) is 8. The van der Waals surface area contributed by atoms with Gasteiger partial charge in [-0.3, -0.25) is 4.79 Å². The summed E-state index contributed by atoms with van der Waals surface area (Å²) in [6, 6.07) is 10.7. The molecule has 0 saturated heterocycles. The summed E-state index contributed by atoms with van der Waals surface area (Å²) in [6.45, 7) is 0.346. The largest absolute Gasteiger partial charge is 0.508 e.